The van der Waals surface area contributed by atoms with E-state index in [9.17, 15) is 0 Å². The number of pyridine rings is 2. The van der Waals surface area contributed by atoms with Gasteiger partial charge in [0.2, 0.25) is 0 Å². The van der Waals surface area contributed by atoms with Gasteiger partial charge in [0, 0.05) is 36.9 Å². The summed E-state index contributed by atoms with van der Waals surface area (Å²) in [5.41, 5.74) is 9.50. The van der Waals surface area contributed by atoms with Crippen molar-refractivity contribution >= 4 is 28.4 Å². The fraction of sp³-hybridized carbons (Fsp3) is 0.0526. The standard InChI is InChI=1S/C19H16N3.C19H15N3.ClH.Ir/c2*1-21-14-22(16-10-6-3-7-11-16)19-18(21)13-12-17(20-19)15-8-4-2-5-9-15;;/h2-14H,1H3;2-10,12-14H,1H3;1H;/q+1;-2;;/p-1. The zero-order chi connectivity index (χ0) is 29.9. The maximum atomic E-state index is 4.88. The molecule has 1 radical (unpaired) electrons. The quantitative estimate of drug-likeness (QED) is 0.190. The molecule has 1 aliphatic heterocycles. The van der Waals surface area contributed by atoms with E-state index in [-0.39, 0.29) is 32.5 Å². The maximum Gasteiger partial charge on any atom is 0.274 e. The van der Waals surface area contributed by atoms with Crippen LogP contribution in [0.2, 0.25) is 0 Å². The van der Waals surface area contributed by atoms with Crippen molar-refractivity contribution in [1.29, 1.82) is 0 Å². The first-order valence-electron chi connectivity index (χ1n) is 14.5. The summed E-state index contributed by atoms with van der Waals surface area (Å²) in [5.74, 6) is 0.936. The predicted octanol–water partition coefficient (Wildman–Crippen LogP) is 4.77. The fourth-order valence-corrected chi connectivity index (χ4v) is 5.39. The van der Waals surface area contributed by atoms with Gasteiger partial charge in [-0.25, -0.2) is 14.5 Å². The van der Waals surface area contributed by atoms with Gasteiger partial charge in [-0.2, -0.15) is 41.6 Å². The van der Waals surface area contributed by atoms with Crippen LogP contribution < -0.4 is 26.8 Å². The van der Waals surface area contributed by atoms with E-state index in [0.717, 1.165) is 56.6 Å². The Hall–Kier alpha value is -4.81. The van der Waals surface area contributed by atoms with E-state index < -0.39 is 0 Å². The summed E-state index contributed by atoms with van der Waals surface area (Å²) < 4.78 is 4.23. The van der Waals surface area contributed by atoms with Gasteiger partial charge >= 0.3 is 0 Å². The molecule has 0 fully saturated rings. The number of benzene rings is 4. The molecule has 231 valence electrons. The van der Waals surface area contributed by atoms with Gasteiger partial charge in [0.15, 0.2) is 5.52 Å². The molecule has 0 spiro atoms. The van der Waals surface area contributed by atoms with Crippen LogP contribution in [0.15, 0.2) is 146 Å². The first-order chi connectivity index (χ1) is 21.7. The normalized spacial score (nSPS) is 11.6. The minimum Gasteiger partial charge on any atom is -1.00 e. The first kappa shape index (κ1) is 32.6. The number of anilines is 3. The summed E-state index contributed by atoms with van der Waals surface area (Å²) in [4.78, 5) is 13.9. The van der Waals surface area contributed by atoms with Crippen molar-refractivity contribution in [2.24, 2.45) is 7.05 Å². The summed E-state index contributed by atoms with van der Waals surface area (Å²) in [6, 6.07) is 50.4. The van der Waals surface area contributed by atoms with Crippen molar-refractivity contribution in [2.45, 2.75) is 0 Å². The molecule has 7 aromatic rings. The molecule has 0 saturated carbocycles. The SMILES string of the molecule is CN1[CH-]N(c2[c-]cccc2)c2nc(-c3ccccc3)ccc21.C[n+]1cn(-c2ccccc2)c2nc(-c3ccccc3)ccc21.[Cl-].[Ir]. The largest absolute Gasteiger partial charge is 1.00 e. The number of rotatable bonds is 4. The Morgan fingerprint density at radius 2 is 1.26 bits per heavy atom. The molecule has 4 aromatic carbocycles. The van der Waals surface area contributed by atoms with Gasteiger partial charge in [-0.05, 0) is 43.4 Å². The number of nitrogens with zero attached hydrogens (tertiary/aromatic N) is 6. The fourth-order valence-electron chi connectivity index (χ4n) is 5.39. The van der Waals surface area contributed by atoms with Gasteiger partial charge in [-0.1, -0.05) is 78.9 Å². The Balaban J connectivity index is 0.000000174. The van der Waals surface area contributed by atoms with Crippen LogP contribution in [0.5, 0.6) is 0 Å². The molecule has 46 heavy (non-hydrogen) atoms. The van der Waals surface area contributed by atoms with Crippen molar-refractivity contribution in [2.75, 3.05) is 16.8 Å². The Morgan fingerprint density at radius 1 is 0.674 bits per heavy atom. The van der Waals surface area contributed by atoms with Gasteiger partial charge < -0.3 is 22.2 Å². The van der Waals surface area contributed by atoms with E-state index in [4.69, 9.17) is 9.97 Å². The van der Waals surface area contributed by atoms with Crippen molar-refractivity contribution in [1.82, 2.24) is 14.5 Å². The van der Waals surface area contributed by atoms with Gasteiger partial charge in [0.05, 0.1) is 18.4 Å². The summed E-state index contributed by atoms with van der Waals surface area (Å²) >= 11 is 0. The molecular weight excluding hydrogens is 768 g/mol. The molecule has 4 heterocycles. The summed E-state index contributed by atoms with van der Waals surface area (Å²) in [5, 5.41) is 0. The van der Waals surface area contributed by atoms with Gasteiger partial charge in [0.25, 0.3) is 12.0 Å². The Labute approximate surface area is 289 Å². The molecule has 0 N–H and O–H groups in total. The Morgan fingerprint density at radius 3 is 1.89 bits per heavy atom. The second kappa shape index (κ2) is 14.5. The Bertz CT molecular complexity index is 2020. The van der Waals surface area contributed by atoms with Crippen LogP contribution in [0.1, 0.15) is 0 Å². The number of imidazole rings is 1. The minimum absolute atomic E-state index is 0. The smallest absolute Gasteiger partial charge is 0.274 e. The summed E-state index contributed by atoms with van der Waals surface area (Å²) in [6.45, 7) is 2.04. The van der Waals surface area contributed by atoms with Gasteiger partial charge in [-0.15, -0.1) is 5.69 Å². The van der Waals surface area contributed by atoms with E-state index in [1.165, 1.54) is 0 Å². The second-order valence-electron chi connectivity index (χ2n) is 10.6. The van der Waals surface area contributed by atoms with E-state index in [1.54, 1.807) is 0 Å². The van der Waals surface area contributed by atoms with E-state index >= 15 is 0 Å². The zero-order valence-corrected chi connectivity index (χ0v) is 28.5. The topological polar surface area (TPSA) is 41.1 Å². The zero-order valence-electron chi connectivity index (χ0n) is 25.3. The van der Waals surface area contributed by atoms with Crippen LogP contribution in [0, 0.1) is 12.7 Å². The molecular formula is C38H31ClIrN6-2. The molecule has 0 aliphatic carbocycles. The van der Waals surface area contributed by atoms with Crippen LogP contribution in [-0.2, 0) is 27.2 Å². The minimum atomic E-state index is 0. The molecule has 0 saturated heterocycles. The van der Waals surface area contributed by atoms with Crippen LogP contribution >= 0.6 is 0 Å². The number of hydrogen-bond donors (Lipinski definition) is 0. The average molecular weight is 799 g/mol. The number of hydrogen-bond acceptors (Lipinski definition) is 4. The molecule has 3 aromatic heterocycles. The molecule has 6 nitrogen and oxygen atoms in total. The molecule has 0 unspecified atom stereocenters. The number of halogens is 1. The van der Waals surface area contributed by atoms with Crippen molar-refractivity contribution < 1.29 is 37.1 Å². The molecule has 8 heteroatoms. The van der Waals surface area contributed by atoms with E-state index in [2.05, 4.69) is 92.0 Å². The van der Waals surface area contributed by atoms with Gasteiger partial charge in [0.1, 0.15) is 11.5 Å². The monoisotopic (exact) mass is 799 g/mol. The number of aromatic nitrogens is 4. The number of fused-ring (bicyclic) bond motifs is 2. The maximum absolute atomic E-state index is 4.88. The third-order valence-corrected chi connectivity index (χ3v) is 7.63. The Kier molecular flexibility index (Phi) is 10.3. The summed E-state index contributed by atoms with van der Waals surface area (Å²) in [7, 11) is 4.08. The van der Waals surface area contributed by atoms with Gasteiger partial charge in [-0.3, -0.25) is 0 Å². The molecule has 0 atom stereocenters. The molecule has 1 aliphatic rings. The number of aryl methyl sites for hydroxylation is 1. The molecule has 8 rings (SSSR count). The van der Waals surface area contributed by atoms with Crippen molar-refractivity contribution in [3.63, 3.8) is 0 Å². The van der Waals surface area contributed by atoms with Crippen LogP contribution in [0.4, 0.5) is 17.2 Å². The van der Waals surface area contributed by atoms with Crippen LogP contribution in [0.25, 0.3) is 39.4 Å². The first-order valence-corrected chi connectivity index (χ1v) is 14.5. The average Bonchev–Trinajstić information content (AvgIpc) is 3.62. The van der Waals surface area contributed by atoms with E-state index in [0.29, 0.717) is 0 Å². The molecule has 0 bridgehead atoms. The third-order valence-electron chi connectivity index (χ3n) is 7.63. The second-order valence-corrected chi connectivity index (χ2v) is 10.6. The van der Waals surface area contributed by atoms with Crippen molar-refractivity contribution in [3.8, 4) is 28.2 Å². The van der Waals surface area contributed by atoms with Crippen molar-refractivity contribution in [3.05, 3.63) is 159 Å². The number of para-hydroxylation sites is 2. The summed E-state index contributed by atoms with van der Waals surface area (Å²) in [6.07, 6.45) is 2.07. The van der Waals surface area contributed by atoms with Crippen LogP contribution in [-0.4, -0.2) is 21.6 Å². The van der Waals surface area contributed by atoms with E-state index in [1.807, 2.05) is 99.6 Å². The van der Waals surface area contributed by atoms with Crippen LogP contribution in [0.3, 0.4) is 0 Å². The predicted molar refractivity (Wildman–Crippen MR) is 177 cm³/mol. The third kappa shape index (κ3) is 6.58. The molecule has 0 amide bonds.